The molecule has 0 unspecified atom stereocenters. The summed E-state index contributed by atoms with van der Waals surface area (Å²) in [6.07, 6.45) is 0. The van der Waals surface area contributed by atoms with Crippen molar-refractivity contribution in [2.75, 3.05) is 42.2 Å². The highest BCUT2D eigenvalue weighted by molar-refractivity contribution is 6.00. The molecule has 1 saturated heterocycles. The first-order valence-corrected chi connectivity index (χ1v) is 7.00. The van der Waals surface area contributed by atoms with Crippen molar-refractivity contribution in [3.8, 4) is 0 Å². The number of aryl methyl sites for hydroxylation is 1. The monoisotopic (exact) mass is 278 g/mol. The Balaban J connectivity index is 0.000000704. The number of carbonyl (C=O) groups is 1. The van der Waals surface area contributed by atoms with Gasteiger partial charge in [0.05, 0.1) is 18.3 Å². The maximum Gasteiger partial charge on any atom is 0.244 e. The number of amides is 1. The fraction of sp³-hybridized carbons (Fsp3) is 0.615. The molecule has 3 N–H and O–H groups in total. The van der Waals surface area contributed by atoms with E-state index < -0.39 is 0 Å². The van der Waals surface area contributed by atoms with E-state index in [-0.39, 0.29) is 5.91 Å². The number of anilines is 3. The van der Waals surface area contributed by atoms with Gasteiger partial charge in [0.1, 0.15) is 5.69 Å². The molecule has 0 atom stereocenters. The third kappa shape index (κ3) is 2.82. The van der Waals surface area contributed by atoms with Gasteiger partial charge in [0.25, 0.3) is 0 Å². The van der Waals surface area contributed by atoms with Crippen molar-refractivity contribution < 1.29 is 4.79 Å². The lowest BCUT2D eigenvalue weighted by atomic mass is 10.2. The Kier molecular flexibility index (Phi) is 4.39. The van der Waals surface area contributed by atoms with Crippen LogP contribution in [0.4, 0.5) is 17.5 Å². The summed E-state index contributed by atoms with van der Waals surface area (Å²) in [5.74, 6) is 1.37. The van der Waals surface area contributed by atoms with Crippen LogP contribution in [0.5, 0.6) is 0 Å². The minimum atomic E-state index is -0.0272. The summed E-state index contributed by atoms with van der Waals surface area (Å²) in [5, 5.41) is 9.29. The standard InChI is InChI=1S/C11H16N6O.C2H6/c1-6-9-10(17(2)5-8(18)15-9)16-11(13-6)14-7-3-12-4-7;1-2/h7,12H,3-5H2,1-2H3,(H,15,18)(H,13,14,16);1-2H3. The molecule has 1 amide bonds. The summed E-state index contributed by atoms with van der Waals surface area (Å²) < 4.78 is 0. The summed E-state index contributed by atoms with van der Waals surface area (Å²) >= 11 is 0. The summed E-state index contributed by atoms with van der Waals surface area (Å²) in [7, 11) is 1.86. The maximum atomic E-state index is 11.5. The Bertz CT molecular complexity index is 500. The molecule has 3 heterocycles. The van der Waals surface area contributed by atoms with Crippen LogP contribution in [0.1, 0.15) is 19.5 Å². The lowest BCUT2D eigenvalue weighted by Gasteiger charge is -2.30. The summed E-state index contributed by atoms with van der Waals surface area (Å²) in [4.78, 5) is 22.2. The molecule has 0 saturated carbocycles. The quantitative estimate of drug-likeness (QED) is 0.734. The molecule has 2 aliphatic heterocycles. The van der Waals surface area contributed by atoms with Gasteiger partial charge < -0.3 is 20.9 Å². The zero-order valence-electron chi connectivity index (χ0n) is 12.4. The van der Waals surface area contributed by atoms with Gasteiger partial charge in [-0.2, -0.15) is 4.98 Å². The van der Waals surface area contributed by atoms with Crippen LogP contribution in [-0.2, 0) is 4.79 Å². The normalized spacial score (nSPS) is 17.4. The molecule has 1 aromatic heterocycles. The maximum absolute atomic E-state index is 11.5. The highest BCUT2D eigenvalue weighted by Crippen LogP contribution is 2.29. The Labute approximate surface area is 119 Å². The Morgan fingerprint density at radius 1 is 1.30 bits per heavy atom. The zero-order valence-corrected chi connectivity index (χ0v) is 12.4. The molecule has 0 radical (unpaired) electrons. The number of hydrogen-bond donors (Lipinski definition) is 3. The van der Waals surface area contributed by atoms with E-state index in [1.165, 1.54) is 0 Å². The molecule has 110 valence electrons. The Morgan fingerprint density at radius 3 is 2.60 bits per heavy atom. The zero-order chi connectivity index (χ0) is 14.7. The van der Waals surface area contributed by atoms with E-state index in [1.54, 1.807) is 0 Å². The first-order valence-electron chi connectivity index (χ1n) is 7.00. The van der Waals surface area contributed by atoms with E-state index in [0.29, 0.717) is 24.2 Å². The lowest BCUT2D eigenvalue weighted by Crippen LogP contribution is -2.51. The second kappa shape index (κ2) is 6.04. The predicted octanol–water partition coefficient (Wildman–Crippen LogP) is 0.583. The van der Waals surface area contributed by atoms with Gasteiger partial charge in [0, 0.05) is 20.1 Å². The van der Waals surface area contributed by atoms with Crippen LogP contribution < -0.4 is 20.9 Å². The summed E-state index contributed by atoms with van der Waals surface area (Å²) in [6, 6.07) is 0.394. The summed E-state index contributed by atoms with van der Waals surface area (Å²) in [6.45, 7) is 8.08. The second-order valence-electron chi connectivity index (χ2n) is 4.73. The number of nitrogens with one attached hydrogen (secondary N) is 3. The molecule has 0 aromatic carbocycles. The van der Waals surface area contributed by atoms with Gasteiger partial charge in [-0.05, 0) is 6.92 Å². The average Bonchev–Trinajstić information content (AvgIpc) is 2.38. The van der Waals surface area contributed by atoms with Gasteiger partial charge in [0.15, 0.2) is 5.82 Å². The van der Waals surface area contributed by atoms with Crippen molar-refractivity contribution in [3.05, 3.63) is 5.69 Å². The second-order valence-corrected chi connectivity index (χ2v) is 4.73. The van der Waals surface area contributed by atoms with E-state index >= 15 is 0 Å². The highest BCUT2D eigenvalue weighted by Gasteiger charge is 2.25. The van der Waals surface area contributed by atoms with Crippen LogP contribution in [-0.4, -0.2) is 48.6 Å². The van der Waals surface area contributed by atoms with Gasteiger partial charge in [-0.3, -0.25) is 4.79 Å². The topological polar surface area (TPSA) is 82.2 Å². The van der Waals surface area contributed by atoms with Gasteiger partial charge >= 0.3 is 0 Å². The molecule has 20 heavy (non-hydrogen) atoms. The largest absolute Gasteiger partial charge is 0.349 e. The third-order valence-corrected chi connectivity index (χ3v) is 3.19. The first kappa shape index (κ1) is 14.5. The number of rotatable bonds is 2. The predicted molar refractivity (Wildman–Crippen MR) is 80.3 cm³/mol. The molecular weight excluding hydrogens is 256 g/mol. The van der Waals surface area contributed by atoms with Crippen molar-refractivity contribution in [1.82, 2.24) is 15.3 Å². The Hall–Kier alpha value is -1.89. The molecule has 0 aliphatic carbocycles. The van der Waals surface area contributed by atoms with Gasteiger partial charge in [0.2, 0.25) is 11.9 Å². The van der Waals surface area contributed by atoms with Crippen molar-refractivity contribution in [2.45, 2.75) is 26.8 Å². The number of fused-ring (bicyclic) bond motifs is 1. The average molecular weight is 278 g/mol. The van der Waals surface area contributed by atoms with Crippen molar-refractivity contribution >= 4 is 23.4 Å². The first-order chi connectivity index (χ1) is 9.63. The van der Waals surface area contributed by atoms with Crippen LogP contribution >= 0.6 is 0 Å². The number of hydrogen-bond acceptors (Lipinski definition) is 6. The fourth-order valence-electron chi connectivity index (χ4n) is 2.09. The SMILES string of the molecule is CC.Cc1nc(NC2CNC2)nc2c1NC(=O)CN2C. The van der Waals surface area contributed by atoms with Crippen LogP contribution in [0.15, 0.2) is 0 Å². The van der Waals surface area contributed by atoms with Crippen molar-refractivity contribution in [2.24, 2.45) is 0 Å². The molecule has 3 rings (SSSR count). The van der Waals surface area contributed by atoms with Crippen molar-refractivity contribution in [1.29, 1.82) is 0 Å². The number of aromatic nitrogens is 2. The van der Waals surface area contributed by atoms with E-state index in [9.17, 15) is 4.79 Å². The number of likely N-dealkylation sites (N-methyl/N-ethyl adjacent to an activating group) is 1. The van der Waals surface area contributed by atoms with E-state index in [4.69, 9.17) is 0 Å². The van der Waals surface area contributed by atoms with Gasteiger partial charge in [-0.15, -0.1) is 0 Å². The molecule has 0 bridgehead atoms. The molecule has 2 aliphatic rings. The molecule has 1 aromatic rings. The summed E-state index contributed by atoms with van der Waals surface area (Å²) in [5.41, 5.74) is 1.50. The van der Waals surface area contributed by atoms with E-state index in [0.717, 1.165) is 24.6 Å². The minimum absolute atomic E-state index is 0.0272. The number of carbonyl (C=O) groups excluding carboxylic acids is 1. The van der Waals surface area contributed by atoms with Gasteiger partial charge in [-0.25, -0.2) is 4.98 Å². The van der Waals surface area contributed by atoms with Crippen LogP contribution in [0.25, 0.3) is 0 Å². The fourth-order valence-corrected chi connectivity index (χ4v) is 2.09. The number of nitrogens with zero attached hydrogens (tertiary/aromatic N) is 3. The minimum Gasteiger partial charge on any atom is -0.349 e. The molecule has 1 fully saturated rings. The van der Waals surface area contributed by atoms with Gasteiger partial charge in [-0.1, -0.05) is 13.8 Å². The highest BCUT2D eigenvalue weighted by atomic mass is 16.2. The third-order valence-electron chi connectivity index (χ3n) is 3.19. The van der Waals surface area contributed by atoms with Crippen molar-refractivity contribution in [3.63, 3.8) is 0 Å². The van der Waals surface area contributed by atoms with E-state index in [2.05, 4.69) is 25.9 Å². The molecule has 0 spiro atoms. The Morgan fingerprint density at radius 2 is 2.00 bits per heavy atom. The van der Waals surface area contributed by atoms with E-state index in [1.807, 2.05) is 32.7 Å². The molecule has 7 nitrogen and oxygen atoms in total. The van der Waals surface area contributed by atoms with Crippen LogP contribution in [0.3, 0.4) is 0 Å². The molecule has 7 heteroatoms. The lowest BCUT2D eigenvalue weighted by molar-refractivity contribution is -0.115. The smallest absolute Gasteiger partial charge is 0.244 e. The van der Waals surface area contributed by atoms with Crippen LogP contribution in [0, 0.1) is 6.92 Å². The molecular formula is C13H22N6O. The van der Waals surface area contributed by atoms with Crippen LogP contribution in [0.2, 0.25) is 0 Å².